The number of aromatic nitrogens is 1. The normalized spacial score (nSPS) is 13.4. The van der Waals surface area contributed by atoms with E-state index in [1.165, 1.54) is 6.07 Å². The SMILES string of the molecule is CC(NCc1csc(C(C)(C)C)n1)c1ccc(F)c(F)c1. The third-order valence-electron chi connectivity index (χ3n) is 3.23. The van der Waals surface area contributed by atoms with Gasteiger partial charge in [0.1, 0.15) is 0 Å². The van der Waals surface area contributed by atoms with Crippen LogP contribution in [0.15, 0.2) is 23.6 Å². The van der Waals surface area contributed by atoms with Crippen LogP contribution >= 0.6 is 11.3 Å². The van der Waals surface area contributed by atoms with Gasteiger partial charge in [-0.1, -0.05) is 26.8 Å². The monoisotopic (exact) mass is 310 g/mol. The number of nitrogens with zero attached hydrogens (tertiary/aromatic N) is 1. The average molecular weight is 310 g/mol. The first-order valence-corrected chi connectivity index (χ1v) is 7.78. The average Bonchev–Trinajstić information content (AvgIpc) is 2.88. The lowest BCUT2D eigenvalue weighted by molar-refractivity contribution is 0.500. The lowest BCUT2D eigenvalue weighted by Gasteiger charge is -2.15. The molecule has 2 aromatic rings. The van der Waals surface area contributed by atoms with Gasteiger partial charge < -0.3 is 5.32 Å². The molecule has 0 aliphatic heterocycles. The van der Waals surface area contributed by atoms with Crippen LogP contribution in [0.2, 0.25) is 0 Å². The first-order chi connectivity index (χ1) is 9.77. The first kappa shape index (κ1) is 16.0. The van der Waals surface area contributed by atoms with Gasteiger partial charge in [-0.15, -0.1) is 11.3 Å². The summed E-state index contributed by atoms with van der Waals surface area (Å²) in [7, 11) is 0. The van der Waals surface area contributed by atoms with Gasteiger partial charge in [0.25, 0.3) is 0 Å². The van der Waals surface area contributed by atoms with Crippen molar-refractivity contribution < 1.29 is 8.78 Å². The Morgan fingerprint density at radius 3 is 2.52 bits per heavy atom. The van der Waals surface area contributed by atoms with E-state index in [9.17, 15) is 8.78 Å². The summed E-state index contributed by atoms with van der Waals surface area (Å²) in [5.41, 5.74) is 1.74. The van der Waals surface area contributed by atoms with Crippen LogP contribution in [-0.2, 0) is 12.0 Å². The molecule has 5 heteroatoms. The zero-order valence-electron chi connectivity index (χ0n) is 12.7. The Morgan fingerprint density at radius 2 is 1.95 bits per heavy atom. The number of nitrogens with one attached hydrogen (secondary N) is 1. The summed E-state index contributed by atoms with van der Waals surface area (Å²) in [6, 6.07) is 3.91. The maximum absolute atomic E-state index is 13.2. The summed E-state index contributed by atoms with van der Waals surface area (Å²) in [6.45, 7) is 8.92. The standard InChI is InChI=1S/C16H20F2N2S/c1-10(11-5-6-13(17)14(18)7-11)19-8-12-9-21-15(20-12)16(2,3)4/h5-7,9-10,19H,8H2,1-4H3. The van der Waals surface area contributed by atoms with Crippen LogP contribution in [0.3, 0.4) is 0 Å². The van der Waals surface area contributed by atoms with Crippen molar-refractivity contribution >= 4 is 11.3 Å². The van der Waals surface area contributed by atoms with E-state index in [-0.39, 0.29) is 11.5 Å². The van der Waals surface area contributed by atoms with Gasteiger partial charge in [-0.2, -0.15) is 0 Å². The second-order valence-electron chi connectivity index (χ2n) is 6.17. The zero-order valence-corrected chi connectivity index (χ0v) is 13.5. The van der Waals surface area contributed by atoms with E-state index in [0.717, 1.165) is 22.3 Å². The second kappa shape index (κ2) is 6.20. The van der Waals surface area contributed by atoms with E-state index in [0.29, 0.717) is 6.54 Å². The van der Waals surface area contributed by atoms with E-state index < -0.39 is 11.6 Å². The van der Waals surface area contributed by atoms with Crippen LogP contribution in [-0.4, -0.2) is 4.98 Å². The van der Waals surface area contributed by atoms with Crippen molar-refractivity contribution in [2.45, 2.75) is 45.7 Å². The van der Waals surface area contributed by atoms with Crippen molar-refractivity contribution in [3.8, 4) is 0 Å². The molecular weight excluding hydrogens is 290 g/mol. The number of halogens is 2. The predicted molar refractivity (Wildman–Crippen MR) is 82.4 cm³/mol. The molecule has 0 aliphatic carbocycles. The fourth-order valence-electron chi connectivity index (χ4n) is 1.89. The molecule has 114 valence electrons. The molecule has 0 fully saturated rings. The van der Waals surface area contributed by atoms with Crippen LogP contribution < -0.4 is 5.32 Å². The lowest BCUT2D eigenvalue weighted by atomic mass is 9.98. The third-order valence-corrected chi connectivity index (χ3v) is 4.54. The Balaban J connectivity index is 1.99. The summed E-state index contributed by atoms with van der Waals surface area (Å²) in [5.74, 6) is -1.63. The van der Waals surface area contributed by atoms with Crippen LogP contribution in [0, 0.1) is 11.6 Å². The molecule has 0 bridgehead atoms. The second-order valence-corrected chi connectivity index (χ2v) is 7.03. The van der Waals surface area contributed by atoms with Crippen LogP contribution in [0.1, 0.15) is 50.0 Å². The summed E-state index contributed by atoms with van der Waals surface area (Å²) in [4.78, 5) is 4.60. The molecular formula is C16H20F2N2S. The van der Waals surface area contributed by atoms with Crippen molar-refractivity contribution in [2.24, 2.45) is 0 Å². The lowest BCUT2D eigenvalue weighted by Crippen LogP contribution is -2.19. The fourth-order valence-corrected chi connectivity index (χ4v) is 2.80. The molecule has 21 heavy (non-hydrogen) atoms. The van der Waals surface area contributed by atoms with Crippen molar-refractivity contribution in [1.82, 2.24) is 10.3 Å². The molecule has 2 rings (SSSR count). The molecule has 0 amide bonds. The Bertz CT molecular complexity index is 617. The van der Waals surface area contributed by atoms with Crippen molar-refractivity contribution in [3.63, 3.8) is 0 Å². The molecule has 1 heterocycles. The molecule has 1 N–H and O–H groups in total. The maximum Gasteiger partial charge on any atom is 0.159 e. The molecule has 1 atom stereocenters. The Labute approximate surface area is 128 Å². The number of rotatable bonds is 4. The molecule has 0 spiro atoms. The highest BCUT2D eigenvalue weighted by Gasteiger charge is 2.18. The highest BCUT2D eigenvalue weighted by molar-refractivity contribution is 7.09. The van der Waals surface area contributed by atoms with Crippen molar-refractivity contribution in [2.75, 3.05) is 0 Å². The minimum atomic E-state index is -0.819. The Hall–Kier alpha value is -1.33. The van der Waals surface area contributed by atoms with Crippen molar-refractivity contribution in [3.05, 3.63) is 51.5 Å². The summed E-state index contributed by atoms with van der Waals surface area (Å²) < 4.78 is 26.1. The minimum Gasteiger partial charge on any atom is -0.305 e. The highest BCUT2D eigenvalue weighted by atomic mass is 32.1. The quantitative estimate of drug-likeness (QED) is 0.895. The highest BCUT2D eigenvalue weighted by Crippen LogP contribution is 2.25. The first-order valence-electron chi connectivity index (χ1n) is 6.90. The number of thiazole rings is 1. The van der Waals surface area contributed by atoms with E-state index in [1.54, 1.807) is 17.4 Å². The van der Waals surface area contributed by atoms with Crippen LogP contribution in [0.4, 0.5) is 8.78 Å². The van der Waals surface area contributed by atoms with Gasteiger partial charge >= 0.3 is 0 Å². The van der Waals surface area contributed by atoms with Gasteiger partial charge in [-0.05, 0) is 24.6 Å². The van der Waals surface area contributed by atoms with E-state index in [4.69, 9.17) is 0 Å². The number of benzene rings is 1. The Kier molecular flexibility index (Phi) is 4.74. The molecule has 1 aromatic heterocycles. The van der Waals surface area contributed by atoms with Crippen LogP contribution in [0.5, 0.6) is 0 Å². The molecule has 0 saturated heterocycles. The van der Waals surface area contributed by atoms with Crippen molar-refractivity contribution in [1.29, 1.82) is 0 Å². The molecule has 0 radical (unpaired) electrons. The predicted octanol–water partition coefficient (Wildman–Crippen LogP) is 4.57. The van der Waals surface area contributed by atoms with Gasteiger partial charge in [-0.3, -0.25) is 0 Å². The fraction of sp³-hybridized carbons (Fsp3) is 0.438. The largest absolute Gasteiger partial charge is 0.305 e. The minimum absolute atomic E-state index is 0.0502. The topological polar surface area (TPSA) is 24.9 Å². The van der Waals surface area contributed by atoms with Gasteiger partial charge in [0.2, 0.25) is 0 Å². The zero-order chi connectivity index (χ0) is 15.6. The van der Waals surface area contributed by atoms with Crippen LogP contribution in [0.25, 0.3) is 0 Å². The van der Waals surface area contributed by atoms with Gasteiger partial charge in [0.05, 0.1) is 10.7 Å². The summed E-state index contributed by atoms with van der Waals surface area (Å²) in [5, 5.41) is 6.41. The van der Waals surface area contributed by atoms with Gasteiger partial charge in [0.15, 0.2) is 11.6 Å². The third kappa shape index (κ3) is 4.08. The molecule has 1 unspecified atom stereocenters. The van der Waals surface area contributed by atoms with E-state index in [2.05, 4.69) is 31.1 Å². The number of hydrogen-bond acceptors (Lipinski definition) is 3. The van der Waals surface area contributed by atoms with E-state index in [1.807, 2.05) is 12.3 Å². The number of hydrogen-bond donors (Lipinski definition) is 1. The molecule has 0 saturated carbocycles. The smallest absolute Gasteiger partial charge is 0.159 e. The van der Waals surface area contributed by atoms with E-state index >= 15 is 0 Å². The molecule has 1 aromatic carbocycles. The molecule has 0 aliphatic rings. The molecule has 2 nitrogen and oxygen atoms in total. The summed E-state index contributed by atoms with van der Waals surface area (Å²) in [6.07, 6.45) is 0. The Morgan fingerprint density at radius 1 is 1.24 bits per heavy atom. The maximum atomic E-state index is 13.2. The summed E-state index contributed by atoms with van der Waals surface area (Å²) >= 11 is 1.65. The van der Waals surface area contributed by atoms with Gasteiger partial charge in [0, 0.05) is 23.4 Å². The van der Waals surface area contributed by atoms with Gasteiger partial charge in [-0.25, -0.2) is 13.8 Å².